The van der Waals surface area contributed by atoms with Crippen LogP contribution in [0.25, 0.3) is 22.6 Å². The Bertz CT molecular complexity index is 803. The fourth-order valence-electron chi connectivity index (χ4n) is 2.17. The second kappa shape index (κ2) is 5.05. The highest BCUT2D eigenvalue weighted by Crippen LogP contribution is 2.27. The monoisotopic (exact) mass is 281 g/mol. The molecule has 1 heterocycles. The van der Waals surface area contributed by atoms with Crippen molar-refractivity contribution in [1.29, 1.82) is 0 Å². The molecule has 0 amide bonds. The highest BCUT2D eigenvalue weighted by molar-refractivity contribution is 5.81. The third-order valence-corrected chi connectivity index (χ3v) is 3.58. The highest BCUT2D eigenvalue weighted by atomic mass is 16.4. The summed E-state index contributed by atoms with van der Waals surface area (Å²) in [4.78, 5) is 15.5. The number of carbonyl (C=O) groups is 1. The van der Waals surface area contributed by atoms with Gasteiger partial charge in [0.2, 0.25) is 5.89 Å². The molecule has 0 fully saturated rings. The Labute approximate surface area is 122 Å². The predicted molar refractivity (Wildman–Crippen MR) is 80.2 cm³/mol. The Morgan fingerprint density at radius 1 is 1.19 bits per heavy atom. The molecule has 0 saturated heterocycles. The van der Waals surface area contributed by atoms with Crippen LogP contribution in [0.4, 0.5) is 0 Å². The van der Waals surface area contributed by atoms with Gasteiger partial charge in [-0.05, 0) is 43.7 Å². The van der Waals surface area contributed by atoms with E-state index >= 15 is 0 Å². The number of aryl methyl sites for hydroxylation is 1. The van der Waals surface area contributed by atoms with Crippen molar-refractivity contribution in [2.75, 3.05) is 0 Å². The van der Waals surface area contributed by atoms with Gasteiger partial charge in [-0.1, -0.05) is 23.8 Å². The average molecular weight is 281 g/mol. The first kappa shape index (κ1) is 13.4. The number of hydrogen-bond donors (Lipinski definition) is 1. The molecule has 0 aliphatic heterocycles. The van der Waals surface area contributed by atoms with Crippen molar-refractivity contribution in [2.24, 2.45) is 0 Å². The van der Waals surface area contributed by atoms with E-state index < -0.39 is 11.9 Å². The number of rotatable bonds is 3. The first-order valence-electron chi connectivity index (χ1n) is 6.75. The number of aromatic nitrogens is 1. The maximum atomic E-state index is 11.0. The van der Waals surface area contributed by atoms with Crippen LogP contribution in [0.2, 0.25) is 0 Å². The lowest BCUT2D eigenvalue weighted by molar-refractivity contribution is -0.138. The predicted octanol–water partition coefficient (Wildman–Crippen LogP) is 3.99. The molecule has 3 aromatic rings. The molecule has 0 unspecified atom stereocenters. The van der Waals surface area contributed by atoms with Crippen LogP contribution in [0.3, 0.4) is 0 Å². The molecule has 0 aliphatic rings. The van der Waals surface area contributed by atoms with E-state index in [0.29, 0.717) is 17.0 Å². The zero-order valence-electron chi connectivity index (χ0n) is 11.8. The van der Waals surface area contributed by atoms with Gasteiger partial charge in [0.15, 0.2) is 5.58 Å². The molecule has 0 spiro atoms. The molecule has 1 aromatic heterocycles. The minimum absolute atomic E-state index is 0.546. The zero-order chi connectivity index (χ0) is 15.0. The van der Waals surface area contributed by atoms with Crippen molar-refractivity contribution in [3.63, 3.8) is 0 Å². The number of carboxylic acids is 1. The van der Waals surface area contributed by atoms with E-state index in [9.17, 15) is 4.79 Å². The van der Waals surface area contributed by atoms with Crippen molar-refractivity contribution in [1.82, 2.24) is 4.98 Å². The molecule has 0 aliphatic carbocycles. The van der Waals surface area contributed by atoms with E-state index in [4.69, 9.17) is 9.52 Å². The molecular weight excluding hydrogens is 266 g/mol. The summed E-state index contributed by atoms with van der Waals surface area (Å²) < 4.78 is 5.76. The SMILES string of the molecule is Cc1ccc(-c2nc3ccc([C@H](C)C(=O)O)cc3o2)cc1. The van der Waals surface area contributed by atoms with Crippen LogP contribution in [0, 0.1) is 6.92 Å². The minimum atomic E-state index is -0.854. The summed E-state index contributed by atoms with van der Waals surface area (Å²) in [5.41, 5.74) is 4.13. The fraction of sp³-hybridized carbons (Fsp3) is 0.176. The minimum Gasteiger partial charge on any atom is -0.481 e. The van der Waals surface area contributed by atoms with Crippen LogP contribution in [-0.2, 0) is 4.79 Å². The lowest BCUT2D eigenvalue weighted by Gasteiger charge is -2.04. The van der Waals surface area contributed by atoms with Gasteiger partial charge in [0.25, 0.3) is 0 Å². The van der Waals surface area contributed by atoms with E-state index in [2.05, 4.69) is 4.98 Å². The number of carboxylic acid groups (broad SMARTS) is 1. The first-order valence-corrected chi connectivity index (χ1v) is 6.75. The third-order valence-electron chi connectivity index (χ3n) is 3.58. The van der Waals surface area contributed by atoms with Crippen molar-refractivity contribution in [3.05, 3.63) is 53.6 Å². The van der Waals surface area contributed by atoms with Crippen molar-refractivity contribution in [3.8, 4) is 11.5 Å². The Hall–Kier alpha value is -2.62. The summed E-state index contributed by atoms with van der Waals surface area (Å²) >= 11 is 0. The summed E-state index contributed by atoms with van der Waals surface area (Å²) in [5, 5.41) is 9.07. The van der Waals surface area contributed by atoms with E-state index in [1.807, 2.05) is 31.2 Å². The van der Waals surface area contributed by atoms with Gasteiger partial charge in [0.1, 0.15) is 5.52 Å². The Morgan fingerprint density at radius 2 is 1.90 bits per heavy atom. The van der Waals surface area contributed by atoms with Crippen molar-refractivity contribution in [2.45, 2.75) is 19.8 Å². The van der Waals surface area contributed by atoms with Gasteiger partial charge in [-0.2, -0.15) is 0 Å². The van der Waals surface area contributed by atoms with Gasteiger partial charge in [-0.15, -0.1) is 0 Å². The molecule has 0 bridgehead atoms. The normalized spacial score (nSPS) is 12.5. The van der Waals surface area contributed by atoms with Gasteiger partial charge in [-0.3, -0.25) is 4.79 Å². The summed E-state index contributed by atoms with van der Waals surface area (Å²) in [6, 6.07) is 13.2. The molecule has 21 heavy (non-hydrogen) atoms. The molecule has 4 nitrogen and oxygen atoms in total. The smallest absolute Gasteiger partial charge is 0.310 e. The van der Waals surface area contributed by atoms with Crippen LogP contribution in [0.15, 0.2) is 46.9 Å². The van der Waals surface area contributed by atoms with Gasteiger partial charge in [0.05, 0.1) is 5.92 Å². The number of nitrogens with zero attached hydrogens (tertiary/aromatic N) is 1. The van der Waals surface area contributed by atoms with Crippen LogP contribution in [0.1, 0.15) is 24.0 Å². The van der Waals surface area contributed by atoms with E-state index in [1.165, 1.54) is 5.56 Å². The van der Waals surface area contributed by atoms with Crippen LogP contribution in [0.5, 0.6) is 0 Å². The van der Waals surface area contributed by atoms with Gasteiger partial charge >= 0.3 is 5.97 Å². The molecule has 2 aromatic carbocycles. The summed E-state index contributed by atoms with van der Waals surface area (Å²) in [5.74, 6) is -0.875. The summed E-state index contributed by atoms with van der Waals surface area (Å²) in [6.07, 6.45) is 0. The van der Waals surface area contributed by atoms with Crippen molar-refractivity contribution < 1.29 is 14.3 Å². The molecule has 1 atom stereocenters. The molecule has 106 valence electrons. The van der Waals surface area contributed by atoms with E-state index in [-0.39, 0.29) is 0 Å². The molecule has 4 heteroatoms. The number of hydrogen-bond acceptors (Lipinski definition) is 3. The topological polar surface area (TPSA) is 63.3 Å². The summed E-state index contributed by atoms with van der Waals surface area (Å²) in [7, 11) is 0. The third kappa shape index (κ3) is 2.52. The van der Waals surface area contributed by atoms with Crippen LogP contribution >= 0.6 is 0 Å². The maximum absolute atomic E-state index is 11.0. The Kier molecular flexibility index (Phi) is 3.22. The lowest BCUT2D eigenvalue weighted by atomic mass is 10.0. The lowest BCUT2D eigenvalue weighted by Crippen LogP contribution is -2.06. The van der Waals surface area contributed by atoms with Gasteiger partial charge in [0, 0.05) is 5.56 Å². The van der Waals surface area contributed by atoms with E-state index in [0.717, 1.165) is 11.1 Å². The first-order chi connectivity index (χ1) is 10.0. The largest absolute Gasteiger partial charge is 0.481 e. The molecule has 3 rings (SSSR count). The second-order valence-corrected chi connectivity index (χ2v) is 5.17. The standard InChI is InChI=1S/C17H15NO3/c1-10-3-5-12(6-4-10)16-18-14-8-7-13(9-15(14)21-16)11(2)17(19)20/h3-9,11H,1-2H3,(H,19,20)/t11-/m0/s1. The maximum Gasteiger partial charge on any atom is 0.310 e. The van der Waals surface area contributed by atoms with Crippen LogP contribution in [-0.4, -0.2) is 16.1 Å². The Balaban J connectivity index is 2.04. The Morgan fingerprint density at radius 3 is 2.57 bits per heavy atom. The highest BCUT2D eigenvalue weighted by Gasteiger charge is 2.16. The number of fused-ring (bicyclic) bond motifs is 1. The molecule has 0 radical (unpaired) electrons. The fourth-order valence-corrected chi connectivity index (χ4v) is 2.17. The second-order valence-electron chi connectivity index (χ2n) is 5.17. The number of oxazole rings is 1. The zero-order valence-corrected chi connectivity index (χ0v) is 11.8. The molecule has 0 saturated carbocycles. The molecular formula is C17H15NO3. The average Bonchev–Trinajstić information content (AvgIpc) is 2.89. The van der Waals surface area contributed by atoms with Crippen LogP contribution < -0.4 is 0 Å². The quantitative estimate of drug-likeness (QED) is 0.788. The van der Waals surface area contributed by atoms with Crippen molar-refractivity contribution >= 4 is 17.1 Å². The summed E-state index contributed by atoms with van der Waals surface area (Å²) in [6.45, 7) is 3.68. The molecule has 1 N–H and O–H groups in total. The van der Waals surface area contributed by atoms with Gasteiger partial charge in [-0.25, -0.2) is 4.98 Å². The number of benzene rings is 2. The van der Waals surface area contributed by atoms with Gasteiger partial charge < -0.3 is 9.52 Å². The number of aliphatic carboxylic acids is 1. The van der Waals surface area contributed by atoms with E-state index in [1.54, 1.807) is 25.1 Å².